The van der Waals surface area contributed by atoms with Crippen LogP contribution in [0.2, 0.25) is 0 Å². The third-order valence-corrected chi connectivity index (χ3v) is 6.71. The van der Waals surface area contributed by atoms with Crippen LogP contribution < -0.4 is 5.32 Å². The van der Waals surface area contributed by atoms with E-state index < -0.39 is 22.0 Å². The Balaban J connectivity index is 2.13. The van der Waals surface area contributed by atoms with E-state index >= 15 is 0 Å². The van der Waals surface area contributed by atoms with Crippen LogP contribution in [0, 0.1) is 0 Å². The number of ether oxygens (including phenoxy) is 1. The number of carbonyl (C=O) groups excluding carboxylic acids is 1. The predicted octanol–water partition coefficient (Wildman–Crippen LogP) is 5.41. The highest BCUT2D eigenvalue weighted by Crippen LogP contribution is 2.17. The standard InChI is InChI=1S/C23H45NO5S/c1-2-3-4-5-6-7-8-9-10-11-15-18-23(25)29-22(20-30(26,27)28)19-24-21-16-13-12-14-17-21/h21-22,24H,2-20H2,1H3,(H,26,27,28). The van der Waals surface area contributed by atoms with Gasteiger partial charge in [-0.3, -0.25) is 9.35 Å². The molecule has 0 saturated heterocycles. The molecule has 0 spiro atoms. The van der Waals surface area contributed by atoms with Gasteiger partial charge in [-0.15, -0.1) is 0 Å². The summed E-state index contributed by atoms with van der Waals surface area (Å²) in [6.45, 7) is 2.51. The Morgan fingerprint density at radius 3 is 2.00 bits per heavy atom. The third kappa shape index (κ3) is 16.1. The van der Waals surface area contributed by atoms with E-state index in [1.165, 1.54) is 70.6 Å². The fraction of sp³-hybridized carbons (Fsp3) is 0.957. The fourth-order valence-electron chi connectivity index (χ4n) is 4.15. The van der Waals surface area contributed by atoms with Crippen LogP contribution >= 0.6 is 0 Å². The first-order valence-corrected chi connectivity index (χ1v) is 13.9. The molecule has 30 heavy (non-hydrogen) atoms. The summed E-state index contributed by atoms with van der Waals surface area (Å²) in [7, 11) is -4.18. The van der Waals surface area contributed by atoms with Gasteiger partial charge in [0.2, 0.25) is 0 Å². The molecule has 0 bridgehead atoms. The zero-order valence-electron chi connectivity index (χ0n) is 19.1. The number of carbonyl (C=O) groups is 1. The van der Waals surface area contributed by atoms with Crippen LogP contribution in [-0.2, 0) is 19.6 Å². The van der Waals surface area contributed by atoms with Crippen molar-refractivity contribution in [1.29, 1.82) is 0 Å². The van der Waals surface area contributed by atoms with Gasteiger partial charge >= 0.3 is 5.97 Å². The molecule has 0 aromatic carbocycles. The van der Waals surface area contributed by atoms with Gasteiger partial charge in [0.1, 0.15) is 11.9 Å². The van der Waals surface area contributed by atoms with Gasteiger partial charge in [0.15, 0.2) is 0 Å². The fourth-order valence-corrected chi connectivity index (χ4v) is 4.81. The largest absolute Gasteiger partial charge is 0.460 e. The molecule has 0 aromatic heterocycles. The molecule has 0 aromatic rings. The number of unbranched alkanes of at least 4 members (excludes halogenated alkanes) is 10. The van der Waals surface area contributed by atoms with E-state index in [4.69, 9.17) is 9.29 Å². The van der Waals surface area contributed by atoms with E-state index in [1.807, 2.05) is 0 Å². The molecule has 1 rings (SSSR count). The minimum absolute atomic E-state index is 0.272. The van der Waals surface area contributed by atoms with E-state index in [-0.39, 0.29) is 12.5 Å². The van der Waals surface area contributed by atoms with E-state index in [0.29, 0.717) is 12.5 Å². The van der Waals surface area contributed by atoms with E-state index in [2.05, 4.69) is 12.2 Å². The Bertz CT molecular complexity index is 532. The average molecular weight is 448 g/mol. The van der Waals surface area contributed by atoms with Gasteiger partial charge in [0.05, 0.1) is 0 Å². The maximum Gasteiger partial charge on any atom is 0.306 e. The lowest BCUT2D eigenvalue weighted by atomic mass is 9.95. The number of nitrogens with one attached hydrogen (secondary N) is 1. The molecule has 1 atom stereocenters. The molecule has 0 aliphatic heterocycles. The second-order valence-corrected chi connectivity index (χ2v) is 10.4. The SMILES string of the molecule is CCCCCCCCCCCCCC(=O)OC(CNC1CCCCC1)CS(=O)(=O)O. The zero-order valence-corrected chi connectivity index (χ0v) is 19.9. The van der Waals surface area contributed by atoms with Crippen LogP contribution in [0.3, 0.4) is 0 Å². The monoisotopic (exact) mass is 447 g/mol. The smallest absolute Gasteiger partial charge is 0.306 e. The quantitative estimate of drug-likeness (QED) is 0.166. The molecule has 1 aliphatic rings. The van der Waals surface area contributed by atoms with E-state index in [0.717, 1.165) is 32.1 Å². The number of rotatable bonds is 18. The van der Waals surface area contributed by atoms with Crippen molar-refractivity contribution in [3.63, 3.8) is 0 Å². The molecular weight excluding hydrogens is 402 g/mol. The van der Waals surface area contributed by atoms with Gasteiger partial charge in [-0.2, -0.15) is 8.42 Å². The third-order valence-electron chi connectivity index (χ3n) is 5.92. The van der Waals surface area contributed by atoms with Crippen molar-refractivity contribution in [2.45, 2.75) is 128 Å². The summed E-state index contributed by atoms with van der Waals surface area (Å²) in [4.78, 5) is 12.1. The van der Waals surface area contributed by atoms with Crippen molar-refractivity contribution >= 4 is 16.1 Å². The van der Waals surface area contributed by atoms with Crippen LogP contribution in [0.25, 0.3) is 0 Å². The Morgan fingerprint density at radius 2 is 1.47 bits per heavy atom. The first kappa shape index (κ1) is 27.4. The van der Waals surface area contributed by atoms with Crippen LogP contribution in [-0.4, -0.2) is 43.4 Å². The zero-order chi connectivity index (χ0) is 22.1. The van der Waals surface area contributed by atoms with Crippen molar-refractivity contribution in [2.75, 3.05) is 12.3 Å². The van der Waals surface area contributed by atoms with Crippen LogP contribution in [0.4, 0.5) is 0 Å². The topological polar surface area (TPSA) is 92.7 Å². The van der Waals surface area contributed by atoms with Gasteiger partial charge in [-0.25, -0.2) is 0 Å². The maximum atomic E-state index is 12.1. The lowest BCUT2D eigenvalue weighted by molar-refractivity contribution is -0.148. The average Bonchev–Trinajstić information content (AvgIpc) is 2.70. The molecule has 1 unspecified atom stereocenters. The molecule has 0 heterocycles. The predicted molar refractivity (Wildman–Crippen MR) is 122 cm³/mol. The molecule has 0 radical (unpaired) electrons. The normalized spacial score (nSPS) is 16.5. The lowest BCUT2D eigenvalue weighted by Gasteiger charge is -2.25. The number of esters is 1. The molecule has 178 valence electrons. The minimum atomic E-state index is -4.18. The number of hydrogen-bond acceptors (Lipinski definition) is 5. The molecular formula is C23H45NO5S. The second kappa shape index (κ2) is 17.0. The van der Waals surface area contributed by atoms with Crippen molar-refractivity contribution in [3.05, 3.63) is 0 Å². The summed E-state index contributed by atoms with van der Waals surface area (Å²) in [6.07, 6.45) is 18.5. The first-order valence-electron chi connectivity index (χ1n) is 12.3. The Hall–Kier alpha value is -0.660. The highest BCUT2D eigenvalue weighted by atomic mass is 32.2. The number of hydrogen-bond donors (Lipinski definition) is 2. The summed E-state index contributed by atoms with van der Waals surface area (Å²) in [5.41, 5.74) is 0. The van der Waals surface area contributed by atoms with Gasteiger partial charge in [0, 0.05) is 19.0 Å². The van der Waals surface area contributed by atoms with Gasteiger partial charge in [-0.05, 0) is 19.3 Å². The molecule has 0 amide bonds. The van der Waals surface area contributed by atoms with Crippen molar-refractivity contribution < 1.29 is 22.5 Å². The molecule has 1 saturated carbocycles. The van der Waals surface area contributed by atoms with E-state index in [9.17, 15) is 13.2 Å². The van der Waals surface area contributed by atoms with Gasteiger partial charge < -0.3 is 10.1 Å². The van der Waals surface area contributed by atoms with Gasteiger partial charge in [0.25, 0.3) is 10.1 Å². The summed E-state index contributed by atoms with van der Waals surface area (Å²) in [6, 6.07) is 0.341. The second-order valence-electron chi connectivity index (χ2n) is 8.89. The lowest BCUT2D eigenvalue weighted by Crippen LogP contribution is -2.41. The van der Waals surface area contributed by atoms with Gasteiger partial charge in [-0.1, -0.05) is 90.4 Å². The highest BCUT2D eigenvalue weighted by Gasteiger charge is 2.23. The van der Waals surface area contributed by atoms with Crippen LogP contribution in [0.15, 0.2) is 0 Å². The van der Waals surface area contributed by atoms with Crippen molar-refractivity contribution in [3.8, 4) is 0 Å². The van der Waals surface area contributed by atoms with E-state index in [1.54, 1.807) is 0 Å². The summed E-state index contributed by atoms with van der Waals surface area (Å²) >= 11 is 0. The first-order chi connectivity index (χ1) is 14.4. The molecule has 1 fully saturated rings. The molecule has 1 aliphatic carbocycles. The van der Waals surface area contributed by atoms with Crippen LogP contribution in [0.5, 0.6) is 0 Å². The minimum Gasteiger partial charge on any atom is -0.460 e. The summed E-state index contributed by atoms with van der Waals surface area (Å²) in [5, 5.41) is 3.31. The maximum absolute atomic E-state index is 12.1. The van der Waals surface area contributed by atoms with Crippen molar-refractivity contribution in [1.82, 2.24) is 5.32 Å². The van der Waals surface area contributed by atoms with Crippen molar-refractivity contribution in [2.24, 2.45) is 0 Å². The summed E-state index contributed by atoms with van der Waals surface area (Å²) < 4.78 is 37.1. The molecule has 7 heteroatoms. The molecule has 2 N–H and O–H groups in total. The van der Waals surface area contributed by atoms with Crippen LogP contribution in [0.1, 0.15) is 116 Å². The Kier molecular flexibility index (Phi) is 15.5. The Labute approximate surface area is 184 Å². The Morgan fingerprint density at radius 1 is 0.933 bits per heavy atom. The molecule has 6 nitrogen and oxygen atoms in total. The highest BCUT2D eigenvalue weighted by molar-refractivity contribution is 7.85. The summed E-state index contributed by atoms with van der Waals surface area (Å²) in [5.74, 6) is -0.915.